The van der Waals surface area contributed by atoms with Crippen LogP contribution in [0.15, 0.2) is 54.7 Å². The van der Waals surface area contributed by atoms with Crippen LogP contribution in [0.3, 0.4) is 0 Å². The number of aliphatic hydroxyl groups excluding tert-OH is 1. The first-order chi connectivity index (χ1) is 11.5. The van der Waals surface area contributed by atoms with Crippen molar-refractivity contribution in [2.45, 2.75) is 32.2 Å². The first-order valence-electron chi connectivity index (χ1n) is 8.17. The van der Waals surface area contributed by atoms with Gasteiger partial charge in [0.15, 0.2) is 0 Å². The Balaban J connectivity index is 1.88. The van der Waals surface area contributed by atoms with Gasteiger partial charge in [-0.05, 0) is 28.7 Å². The van der Waals surface area contributed by atoms with Crippen LogP contribution in [-0.4, -0.2) is 21.7 Å². The van der Waals surface area contributed by atoms with E-state index in [4.69, 9.17) is 0 Å². The third-order valence-corrected chi connectivity index (χ3v) is 4.13. The van der Waals surface area contributed by atoms with Crippen LogP contribution in [0.1, 0.15) is 37.9 Å². The number of aromatic nitrogens is 2. The number of fused-ring (bicyclic) bond motifs is 1. The minimum Gasteiger partial charge on any atom is -0.394 e. The maximum atomic E-state index is 9.66. The monoisotopic (exact) mass is 321 g/mol. The third kappa shape index (κ3) is 3.54. The molecule has 0 radical (unpaired) electrons. The molecule has 0 aliphatic carbocycles. The molecule has 1 heterocycles. The number of benzene rings is 2. The molecule has 0 aliphatic rings. The lowest BCUT2D eigenvalue weighted by molar-refractivity contribution is 0.276. The molecule has 1 aromatic heterocycles. The molecule has 0 bridgehead atoms. The highest BCUT2D eigenvalue weighted by molar-refractivity contribution is 5.79. The predicted molar refractivity (Wildman–Crippen MR) is 98.1 cm³/mol. The molecule has 24 heavy (non-hydrogen) atoms. The van der Waals surface area contributed by atoms with Gasteiger partial charge in [0.1, 0.15) is 0 Å². The second-order valence-corrected chi connectivity index (χ2v) is 7.01. The van der Waals surface area contributed by atoms with Gasteiger partial charge in [0.2, 0.25) is 5.95 Å². The lowest BCUT2D eigenvalue weighted by Crippen LogP contribution is -2.16. The minimum absolute atomic E-state index is 0.0195. The zero-order chi connectivity index (χ0) is 17.2. The zero-order valence-electron chi connectivity index (χ0n) is 14.3. The van der Waals surface area contributed by atoms with Crippen LogP contribution in [0.4, 0.5) is 5.95 Å². The van der Waals surface area contributed by atoms with E-state index in [-0.39, 0.29) is 18.1 Å². The smallest absolute Gasteiger partial charge is 0.223 e. The Morgan fingerprint density at radius 3 is 2.50 bits per heavy atom. The average Bonchev–Trinajstić information content (AvgIpc) is 2.59. The van der Waals surface area contributed by atoms with Gasteiger partial charge < -0.3 is 10.4 Å². The van der Waals surface area contributed by atoms with Gasteiger partial charge in [0.05, 0.1) is 18.2 Å². The van der Waals surface area contributed by atoms with Crippen LogP contribution < -0.4 is 5.32 Å². The molecule has 124 valence electrons. The lowest BCUT2D eigenvalue weighted by atomic mass is 9.86. The van der Waals surface area contributed by atoms with Crippen molar-refractivity contribution in [3.8, 4) is 0 Å². The van der Waals surface area contributed by atoms with Gasteiger partial charge in [0, 0.05) is 11.6 Å². The molecule has 0 spiro atoms. The van der Waals surface area contributed by atoms with Crippen molar-refractivity contribution in [2.75, 3.05) is 11.9 Å². The standard InChI is InChI=1S/C20H23N3O/c1-20(2,3)16-9-10-17-15(11-16)12-21-19(22-17)23-18(13-24)14-7-5-4-6-8-14/h4-12,18,24H,13H2,1-3H3,(H,21,22,23)/t18-/m1/s1. The van der Waals surface area contributed by atoms with Crippen LogP contribution in [0, 0.1) is 0 Å². The molecule has 0 unspecified atom stereocenters. The second kappa shape index (κ2) is 6.57. The number of nitrogens with zero attached hydrogens (tertiary/aromatic N) is 2. The zero-order valence-corrected chi connectivity index (χ0v) is 14.3. The largest absolute Gasteiger partial charge is 0.394 e. The van der Waals surface area contributed by atoms with Crippen molar-refractivity contribution in [1.29, 1.82) is 0 Å². The van der Waals surface area contributed by atoms with E-state index >= 15 is 0 Å². The topological polar surface area (TPSA) is 58.0 Å². The van der Waals surface area contributed by atoms with Crippen molar-refractivity contribution in [3.63, 3.8) is 0 Å². The summed E-state index contributed by atoms with van der Waals surface area (Å²) in [5.41, 5.74) is 3.26. The lowest BCUT2D eigenvalue weighted by Gasteiger charge is -2.20. The number of rotatable bonds is 4. The molecule has 0 fully saturated rings. The normalized spacial score (nSPS) is 13.0. The van der Waals surface area contributed by atoms with E-state index in [1.165, 1.54) is 5.56 Å². The Morgan fingerprint density at radius 2 is 1.83 bits per heavy atom. The number of hydrogen-bond acceptors (Lipinski definition) is 4. The summed E-state index contributed by atoms with van der Waals surface area (Å²) in [4.78, 5) is 8.99. The van der Waals surface area contributed by atoms with E-state index < -0.39 is 0 Å². The molecule has 2 aromatic carbocycles. The summed E-state index contributed by atoms with van der Waals surface area (Å²) in [6.07, 6.45) is 1.83. The van der Waals surface area contributed by atoms with Crippen LogP contribution in [0.25, 0.3) is 10.9 Å². The van der Waals surface area contributed by atoms with E-state index in [0.717, 1.165) is 16.5 Å². The summed E-state index contributed by atoms with van der Waals surface area (Å²) in [5, 5.41) is 13.9. The van der Waals surface area contributed by atoms with Crippen molar-refractivity contribution < 1.29 is 5.11 Å². The van der Waals surface area contributed by atoms with E-state index in [9.17, 15) is 5.11 Å². The van der Waals surface area contributed by atoms with E-state index in [1.807, 2.05) is 42.6 Å². The summed E-state index contributed by atoms with van der Waals surface area (Å²) in [7, 11) is 0. The van der Waals surface area contributed by atoms with Crippen molar-refractivity contribution in [3.05, 3.63) is 65.9 Å². The molecular weight excluding hydrogens is 298 g/mol. The number of hydrogen-bond donors (Lipinski definition) is 2. The highest BCUT2D eigenvalue weighted by Crippen LogP contribution is 2.26. The fourth-order valence-electron chi connectivity index (χ4n) is 2.65. The first-order valence-corrected chi connectivity index (χ1v) is 8.17. The molecule has 3 rings (SSSR count). The van der Waals surface area contributed by atoms with Gasteiger partial charge in [-0.15, -0.1) is 0 Å². The molecular formula is C20H23N3O. The number of aliphatic hydroxyl groups is 1. The Labute approximate surface area is 142 Å². The second-order valence-electron chi connectivity index (χ2n) is 7.01. The van der Waals surface area contributed by atoms with Crippen LogP contribution >= 0.6 is 0 Å². The van der Waals surface area contributed by atoms with Crippen LogP contribution in [-0.2, 0) is 5.41 Å². The Hall–Kier alpha value is -2.46. The fourth-order valence-corrected chi connectivity index (χ4v) is 2.65. The fraction of sp³-hybridized carbons (Fsp3) is 0.300. The van der Waals surface area contributed by atoms with Gasteiger partial charge >= 0.3 is 0 Å². The number of nitrogens with one attached hydrogen (secondary N) is 1. The third-order valence-electron chi connectivity index (χ3n) is 4.13. The van der Waals surface area contributed by atoms with Gasteiger partial charge in [-0.3, -0.25) is 0 Å². The highest BCUT2D eigenvalue weighted by Gasteiger charge is 2.15. The summed E-state index contributed by atoms with van der Waals surface area (Å²) in [6, 6.07) is 15.9. The molecule has 2 N–H and O–H groups in total. The van der Waals surface area contributed by atoms with Gasteiger partial charge in [-0.2, -0.15) is 0 Å². The summed E-state index contributed by atoms with van der Waals surface area (Å²) >= 11 is 0. The molecule has 4 heteroatoms. The molecule has 0 saturated carbocycles. The highest BCUT2D eigenvalue weighted by atomic mass is 16.3. The van der Waals surface area contributed by atoms with Crippen LogP contribution in [0.2, 0.25) is 0 Å². The summed E-state index contributed by atoms with van der Waals surface area (Å²) < 4.78 is 0. The van der Waals surface area contributed by atoms with Crippen LogP contribution in [0.5, 0.6) is 0 Å². The predicted octanol–water partition coefficient (Wildman–Crippen LogP) is 4.07. The van der Waals surface area contributed by atoms with Gasteiger partial charge in [-0.1, -0.05) is 57.2 Å². The average molecular weight is 321 g/mol. The first kappa shape index (κ1) is 16.4. The summed E-state index contributed by atoms with van der Waals surface area (Å²) in [6.45, 7) is 6.55. The molecule has 4 nitrogen and oxygen atoms in total. The molecule has 0 saturated heterocycles. The molecule has 1 atom stereocenters. The maximum Gasteiger partial charge on any atom is 0.223 e. The van der Waals surface area contributed by atoms with Gasteiger partial charge in [-0.25, -0.2) is 9.97 Å². The molecule has 3 aromatic rings. The minimum atomic E-state index is -0.225. The SMILES string of the molecule is CC(C)(C)c1ccc2nc(N[C@H](CO)c3ccccc3)ncc2c1. The Morgan fingerprint density at radius 1 is 1.08 bits per heavy atom. The Bertz CT molecular complexity index is 825. The van der Waals surface area contributed by atoms with E-state index in [2.05, 4.69) is 48.2 Å². The Kier molecular flexibility index (Phi) is 4.49. The molecule has 0 amide bonds. The van der Waals surface area contributed by atoms with E-state index in [0.29, 0.717) is 5.95 Å². The summed E-state index contributed by atoms with van der Waals surface area (Å²) in [5.74, 6) is 0.522. The maximum absolute atomic E-state index is 9.66. The van der Waals surface area contributed by atoms with E-state index in [1.54, 1.807) is 0 Å². The quantitative estimate of drug-likeness (QED) is 0.760. The van der Waals surface area contributed by atoms with Crippen molar-refractivity contribution >= 4 is 16.9 Å². The van der Waals surface area contributed by atoms with Crippen molar-refractivity contribution in [1.82, 2.24) is 9.97 Å². The van der Waals surface area contributed by atoms with Crippen molar-refractivity contribution in [2.24, 2.45) is 0 Å². The number of anilines is 1. The van der Waals surface area contributed by atoms with Gasteiger partial charge in [0.25, 0.3) is 0 Å². The molecule has 0 aliphatic heterocycles.